The predicted octanol–water partition coefficient (Wildman–Crippen LogP) is 3.86. The summed E-state index contributed by atoms with van der Waals surface area (Å²) in [6, 6.07) is 32.2. The number of benzene rings is 2. The Morgan fingerprint density at radius 2 is 0.639 bits per heavy atom. The van der Waals surface area contributed by atoms with E-state index in [1.807, 2.05) is 106 Å². The minimum Gasteiger partial charge on any atom is -0.542 e. The molecule has 61 heavy (non-hydrogen) atoms. The van der Waals surface area contributed by atoms with Crippen molar-refractivity contribution in [2.75, 3.05) is 0 Å². The Balaban J connectivity index is 0. The van der Waals surface area contributed by atoms with Gasteiger partial charge in [0.25, 0.3) is 0 Å². The predicted molar refractivity (Wildman–Crippen MR) is 217 cm³/mol. The number of nitrogens with zero attached hydrogens (tertiary/aromatic N) is 2. The van der Waals surface area contributed by atoms with E-state index in [2.05, 4.69) is 34.2 Å². The van der Waals surface area contributed by atoms with Gasteiger partial charge in [-0.2, -0.15) is 0 Å². The van der Waals surface area contributed by atoms with Gasteiger partial charge in [0, 0.05) is 81.3 Å². The van der Waals surface area contributed by atoms with Crippen molar-refractivity contribution < 1.29 is 77.9 Å². The molecule has 2 aromatic heterocycles. The molecule has 2 aromatic carbocycles. The fourth-order valence-electron chi connectivity index (χ4n) is 4.56. The van der Waals surface area contributed by atoms with Crippen LogP contribution in [0, 0.1) is 0 Å². The zero-order valence-corrected chi connectivity index (χ0v) is 36.3. The molecular formula is C46H51N2O12Ru. The van der Waals surface area contributed by atoms with Gasteiger partial charge in [0.2, 0.25) is 0 Å². The van der Waals surface area contributed by atoms with E-state index in [4.69, 9.17) is 0 Å². The molecule has 0 saturated carbocycles. The third-order valence-electron chi connectivity index (χ3n) is 7.63. The molecule has 0 saturated heterocycles. The van der Waals surface area contributed by atoms with Gasteiger partial charge in [-0.3, -0.25) is 38.7 Å². The number of carbonyl (C=O) groups excluding carboxylic acids is 9. The molecule has 14 nitrogen and oxygen atoms in total. The Hall–Kier alpha value is -6.21. The Bertz CT molecular complexity index is 1670. The van der Waals surface area contributed by atoms with E-state index in [0.29, 0.717) is 19.3 Å². The number of carboxylic acid groups (broad SMARTS) is 3. The Morgan fingerprint density at radius 1 is 0.377 bits per heavy atom. The molecule has 0 atom stereocenters. The van der Waals surface area contributed by atoms with Crippen LogP contribution >= 0.6 is 0 Å². The fourth-order valence-corrected chi connectivity index (χ4v) is 4.56. The minimum atomic E-state index is -1.71. The van der Waals surface area contributed by atoms with Crippen molar-refractivity contribution in [3.05, 3.63) is 109 Å². The summed E-state index contributed by atoms with van der Waals surface area (Å²) in [5.41, 5.74) is 4.38. The van der Waals surface area contributed by atoms with Crippen LogP contribution in [0.25, 0.3) is 22.5 Å². The minimum absolute atomic E-state index is 0. The van der Waals surface area contributed by atoms with Gasteiger partial charge in [-0.25, -0.2) is 0 Å². The number of hydrogen-bond donors (Lipinski definition) is 0. The summed E-state index contributed by atoms with van der Waals surface area (Å²) < 4.78 is 0. The van der Waals surface area contributed by atoms with Crippen LogP contribution in [0.3, 0.4) is 0 Å². The second-order valence-corrected chi connectivity index (χ2v) is 12.7. The maximum Gasteiger partial charge on any atom is 3.00 e. The fraction of sp³-hybridized carbons (Fsp3) is 0.326. The Labute approximate surface area is 369 Å². The largest absolute Gasteiger partial charge is 3.00 e. The van der Waals surface area contributed by atoms with Crippen LogP contribution in [0.15, 0.2) is 109 Å². The molecule has 0 fully saturated rings. The van der Waals surface area contributed by atoms with Crippen molar-refractivity contribution in [3.8, 4) is 22.5 Å². The average Bonchev–Trinajstić information content (AvgIpc) is 3.26. The zero-order chi connectivity index (χ0) is 45.1. The number of aromatic nitrogens is 2. The maximum absolute atomic E-state index is 10.8. The summed E-state index contributed by atoms with van der Waals surface area (Å²) in [6.07, 6.45) is 6.33. The summed E-state index contributed by atoms with van der Waals surface area (Å²) >= 11 is 0. The van der Waals surface area contributed by atoms with E-state index in [1.165, 1.54) is 0 Å². The van der Waals surface area contributed by atoms with Gasteiger partial charge in [-0.05, 0) is 43.5 Å². The molecule has 15 heteroatoms. The first kappa shape index (κ1) is 56.9. The first-order valence-electron chi connectivity index (χ1n) is 19.4. The van der Waals surface area contributed by atoms with E-state index >= 15 is 0 Å². The molecule has 4 rings (SSSR count). The third-order valence-corrected chi connectivity index (χ3v) is 7.63. The summed E-state index contributed by atoms with van der Waals surface area (Å²) in [6.45, 7) is 5.54. The van der Waals surface area contributed by atoms with Gasteiger partial charge in [0.1, 0.15) is 35.3 Å². The summed E-state index contributed by atoms with van der Waals surface area (Å²) in [5.74, 6) is -8.36. The average molecular weight is 925 g/mol. The number of hydrogen-bond acceptors (Lipinski definition) is 14. The summed E-state index contributed by atoms with van der Waals surface area (Å²) in [5, 5.41) is 29.7. The van der Waals surface area contributed by atoms with E-state index < -0.39 is 35.3 Å². The van der Waals surface area contributed by atoms with Gasteiger partial charge in [-0.15, -0.1) is 0 Å². The summed E-state index contributed by atoms with van der Waals surface area (Å²) in [4.78, 5) is 102. The molecular weight excluding hydrogens is 874 g/mol. The van der Waals surface area contributed by atoms with Gasteiger partial charge < -0.3 is 29.7 Å². The normalized spacial score (nSPS) is 9.36. The third kappa shape index (κ3) is 29.6. The van der Waals surface area contributed by atoms with Crippen LogP contribution in [-0.2, 0) is 62.6 Å². The van der Waals surface area contributed by atoms with Crippen LogP contribution in [0.1, 0.15) is 97.8 Å². The number of aliphatic carboxylic acids is 3. The van der Waals surface area contributed by atoms with E-state index in [1.54, 1.807) is 0 Å². The standard InChI is InChI=1S/2C11H9N.3C8H12O4.Ru/c2*1-2-6-10(7-3-1)11-8-4-5-9-12-11;3*1-2-3-6(9)4-5-7(10)8(11)12;/h2*1-9H;3*2-5H2,1H3,(H,11,12);/q;;;;;+3/p-3. The van der Waals surface area contributed by atoms with E-state index in [-0.39, 0.29) is 75.4 Å². The molecule has 0 N–H and O–H groups in total. The Morgan fingerprint density at radius 3 is 0.852 bits per heavy atom. The second-order valence-electron chi connectivity index (χ2n) is 12.7. The number of pyridine rings is 2. The van der Waals surface area contributed by atoms with Crippen LogP contribution in [0.2, 0.25) is 0 Å². The molecule has 0 unspecified atom stereocenters. The molecule has 0 spiro atoms. The van der Waals surface area contributed by atoms with E-state index in [9.17, 15) is 58.5 Å². The number of ketones is 6. The quantitative estimate of drug-likeness (QED) is 0.0903. The number of rotatable bonds is 20. The van der Waals surface area contributed by atoms with E-state index in [0.717, 1.165) is 41.8 Å². The topological polar surface area (TPSA) is 249 Å². The SMILES string of the molecule is CCCC(=O)CCC(=O)C(=O)[O-].CCCC(=O)CCC(=O)C(=O)[O-].CCCC(=O)CCC(=O)C(=O)[O-].[Ru+3].c1ccc(-c2ccccn2)cc1.c1ccc(-c2ccccn2)cc1. The molecule has 325 valence electrons. The molecule has 2 heterocycles. The first-order valence-corrected chi connectivity index (χ1v) is 19.4. The van der Waals surface area contributed by atoms with Crippen LogP contribution in [-0.4, -0.2) is 62.6 Å². The number of carbonyl (C=O) groups is 9. The number of carboxylic acids is 3. The molecule has 0 aliphatic carbocycles. The van der Waals surface area contributed by atoms with Crippen molar-refractivity contribution in [2.24, 2.45) is 0 Å². The Kier molecular flexibility index (Phi) is 33.3. The van der Waals surface area contributed by atoms with Gasteiger partial charge in [0.15, 0.2) is 17.3 Å². The van der Waals surface area contributed by atoms with Crippen molar-refractivity contribution >= 4 is 52.6 Å². The maximum atomic E-state index is 10.8. The van der Waals surface area contributed by atoms with Crippen LogP contribution < -0.4 is 15.3 Å². The van der Waals surface area contributed by atoms with Gasteiger partial charge in [-0.1, -0.05) is 93.6 Å². The molecule has 0 aliphatic heterocycles. The molecule has 0 amide bonds. The monoisotopic (exact) mass is 925 g/mol. The molecule has 1 radical (unpaired) electrons. The first-order chi connectivity index (χ1) is 28.7. The molecule has 0 aliphatic rings. The van der Waals surface area contributed by atoms with Crippen LogP contribution in [0.4, 0.5) is 0 Å². The zero-order valence-electron chi connectivity index (χ0n) is 34.5. The van der Waals surface area contributed by atoms with Crippen LogP contribution in [0.5, 0.6) is 0 Å². The summed E-state index contributed by atoms with van der Waals surface area (Å²) in [7, 11) is 0. The van der Waals surface area contributed by atoms with Crippen molar-refractivity contribution in [1.29, 1.82) is 0 Å². The van der Waals surface area contributed by atoms with Gasteiger partial charge in [0.05, 0.1) is 11.4 Å². The van der Waals surface area contributed by atoms with Gasteiger partial charge >= 0.3 is 19.5 Å². The number of Topliss-reactive ketones (excluding diaryl/α,β-unsaturated/α-hetero) is 6. The molecule has 4 aromatic rings. The molecule has 0 bridgehead atoms. The second kappa shape index (κ2) is 35.7. The van der Waals surface area contributed by atoms with Crippen molar-refractivity contribution in [2.45, 2.75) is 97.8 Å². The van der Waals surface area contributed by atoms with Crippen molar-refractivity contribution in [3.63, 3.8) is 0 Å². The smallest absolute Gasteiger partial charge is 0.542 e. The van der Waals surface area contributed by atoms with Crippen molar-refractivity contribution in [1.82, 2.24) is 9.97 Å².